The first-order valence-corrected chi connectivity index (χ1v) is 11.3. The summed E-state index contributed by atoms with van der Waals surface area (Å²) >= 11 is 6.12. The van der Waals surface area contributed by atoms with E-state index in [0.29, 0.717) is 22.1 Å². The fraction of sp³-hybridized carbons (Fsp3) is 0.417. The van der Waals surface area contributed by atoms with E-state index >= 15 is 0 Å². The van der Waals surface area contributed by atoms with Gasteiger partial charge < -0.3 is 19.9 Å². The second-order valence-corrected chi connectivity index (χ2v) is 8.91. The van der Waals surface area contributed by atoms with Gasteiger partial charge in [0, 0.05) is 31.2 Å². The third-order valence-electron chi connectivity index (χ3n) is 5.53. The molecule has 0 bridgehead atoms. The summed E-state index contributed by atoms with van der Waals surface area (Å²) in [4.78, 5) is 26.8. The maximum absolute atomic E-state index is 12.7. The maximum atomic E-state index is 12.7. The van der Waals surface area contributed by atoms with Crippen molar-refractivity contribution >= 4 is 34.8 Å². The van der Waals surface area contributed by atoms with Crippen molar-refractivity contribution in [2.45, 2.75) is 32.9 Å². The Balaban J connectivity index is 1.67. The number of carbonyl (C=O) groups is 2. The first-order valence-electron chi connectivity index (χ1n) is 10.9. The molecule has 0 aliphatic carbocycles. The minimum Gasteiger partial charge on any atom is -0.483 e. The highest BCUT2D eigenvalue weighted by atomic mass is 35.5. The number of carbonyl (C=O) groups excluding carboxylic acids is 2. The Morgan fingerprint density at radius 1 is 1.09 bits per heavy atom. The lowest BCUT2D eigenvalue weighted by Crippen LogP contribution is -2.52. The summed E-state index contributed by atoms with van der Waals surface area (Å²) in [5, 5.41) is 3.18. The lowest BCUT2D eigenvalue weighted by atomic mass is 10.0. The fourth-order valence-corrected chi connectivity index (χ4v) is 3.96. The number of hydrogen-bond donors (Lipinski definition) is 1. The van der Waals surface area contributed by atoms with Crippen LogP contribution in [0.5, 0.6) is 5.75 Å². The molecule has 2 aromatic rings. The minimum absolute atomic E-state index is 0.0806. The average molecular weight is 498 g/mol. The van der Waals surface area contributed by atoms with Gasteiger partial charge in [-0.05, 0) is 48.2 Å². The van der Waals surface area contributed by atoms with Gasteiger partial charge in [0.1, 0.15) is 5.75 Å². The molecule has 1 aliphatic rings. The zero-order valence-electron chi connectivity index (χ0n) is 19.2. The van der Waals surface area contributed by atoms with Crippen LogP contribution in [0.15, 0.2) is 36.4 Å². The zero-order chi connectivity index (χ0) is 25.0. The van der Waals surface area contributed by atoms with Gasteiger partial charge in [0.05, 0.1) is 11.4 Å². The van der Waals surface area contributed by atoms with E-state index in [2.05, 4.69) is 5.32 Å². The number of nitrogens with one attached hydrogen (secondary N) is 1. The third kappa shape index (κ3) is 6.34. The van der Waals surface area contributed by atoms with Gasteiger partial charge in [-0.15, -0.1) is 0 Å². The van der Waals surface area contributed by atoms with Crippen molar-refractivity contribution in [1.29, 1.82) is 0 Å². The highest BCUT2D eigenvalue weighted by molar-refractivity contribution is 6.31. The van der Waals surface area contributed by atoms with Crippen LogP contribution in [-0.2, 0) is 9.59 Å². The van der Waals surface area contributed by atoms with Crippen molar-refractivity contribution in [2.24, 2.45) is 0 Å². The van der Waals surface area contributed by atoms with Gasteiger partial charge in [0.15, 0.2) is 6.61 Å². The number of nitrogens with zero attached hydrogens (tertiary/aromatic N) is 2. The van der Waals surface area contributed by atoms with Gasteiger partial charge in [-0.2, -0.15) is 13.2 Å². The number of halogens is 4. The molecule has 2 amide bonds. The van der Waals surface area contributed by atoms with Crippen LogP contribution in [0, 0.1) is 6.92 Å². The third-order valence-corrected chi connectivity index (χ3v) is 5.77. The van der Waals surface area contributed by atoms with Crippen molar-refractivity contribution in [3.8, 4) is 5.75 Å². The number of anilines is 2. The van der Waals surface area contributed by atoms with Gasteiger partial charge in [0.25, 0.3) is 5.91 Å². The minimum atomic E-state index is -4.89. The topological polar surface area (TPSA) is 61.9 Å². The quantitative estimate of drug-likeness (QED) is 0.610. The molecule has 10 heteroatoms. The number of piperazine rings is 1. The Morgan fingerprint density at radius 2 is 1.76 bits per heavy atom. The molecule has 2 aromatic carbocycles. The lowest BCUT2D eigenvalue weighted by molar-refractivity contribution is -0.185. The summed E-state index contributed by atoms with van der Waals surface area (Å²) in [5.41, 5.74) is 3.04. The lowest BCUT2D eigenvalue weighted by Gasteiger charge is -2.37. The normalized spacial score (nSPS) is 14.4. The summed E-state index contributed by atoms with van der Waals surface area (Å²) in [7, 11) is 0. The summed E-state index contributed by atoms with van der Waals surface area (Å²) in [5.74, 6) is -1.38. The van der Waals surface area contributed by atoms with Gasteiger partial charge in [-0.25, -0.2) is 0 Å². The van der Waals surface area contributed by atoms with E-state index < -0.39 is 18.0 Å². The van der Waals surface area contributed by atoms with Gasteiger partial charge in [-0.1, -0.05) is 37.6 Å². The molecule has 184 valence electrons. The maximum Gasteiger partial charge on any atom is 0.471 e. The van der Waals surface area contributed by atoms with E-state index in [-0.39, 0.29) is 38.7 Å². The molecular formula is C24H27ClF3N3O3. The van der Waals surface area contributed by atoms with E-state index in [4.69, 9.17) is 16.3 Å². The summed E-state index contributed by atoms with van der Waals surface area (Å²) < 4.78 is 43.9. The van der Waals surface area contributed by atoms with Crippen LogP contribution >= 0.6 is 11.6 Å². The molecule has 0 unspecified atom stereocenters. The SMILES string of the molecule is Cc1ccc(C(C)C)c(OCC(=O)Nc2cc(Cl)ccc2N2CCN(C(=O)C(F)(F)F)CC2)c1. The van der Waals surface area contributed by atoms with Crippen LogP contribution in [0.4, 0.5) is 24.5 Å². The second-order valence-electron chi connectivity index (χ2n) is 8.47. The van der Waals surface area contributed by atoms with E-state index in [1.54, 1.807) is 18.2 Å². The van der Waals surface area contributed by atoms with E-state index in [0.717, 1.165) is 16.0 Å². The van der Waals surface area contributed by atoms with E-state index in [1.807, 2.05) is 43.9 Å². The Kier molecular flexibility index (Phi) is 7.97. The molecule has 0 saturated carbocycles. The largest absolute Gasteiger partial charge is 0.483 e. The molecule has 1 aliphatic heterocycles. The summed E-state index contributed by atoms with van der Waals surface area (Å²) in [6.07, 6.45) is -4.89. The Hall–Kier alpha value is -2.94. The number of ether oxygens (including phenoxy) is 1. The van der Waals surface area contributed by atoms with Crippen LogP contribution in [-0.4, -0.2) is 55.7 Å². The van der Waals surface area contributed by atoms with Crippen molar-refractivity contribution in [3.63, 3.8) is 0 Å². The number of amides is 2. The highest BCUT2D eigenvalue weighted by Gasteiger charge is 2.43. The standard InChI is InChI=1S/C24H27ClF3N3O3/c1-15(2)18-6-4-16(3)12-21(18)34-14-22(32)29-19-13-17(25)5-7-20(19)30-8-10-31(11-9-30)23(33)24(26,27)28/h4-7,12-13,15H,8-11,14H2,1-3H3,(H,29,32). The van der Waals surface area contributed by atoms with Crippen LogP contribution in [0.1, 0.15) is 30.9 Å². The van der Waals surface area contributed by atoms with Crippen LogP contribution in [0.2, 0.25) is 5.02 Å². The van der Waals surface area contributed by atoms with Crippen molar-refractivity contribution in [1.82, 2.24) is 4.90 Å². The number of alkyl halides is 3. The summed E-state index contributed by atoms with van der Waals surface area (Å²) in [6, 6.07) is 10.8. The molecule has 3 rings (SSSR count). The first-order chi connectivity index (χ1) is 16.0. The number of hydrogen-bond acceptors (Lipinski definition) is 4. The van der Waals surface area contributed by atoms with Gasteiger partial charge >= 0.3 is 12.1 Å². The monoisotopic (exact) mass is 497 g/mol. The fourth-order valence-electron chi connectivity index (χ4n) is 3.79. The van der Waals surface area contributed by atoms with Crippen molar-refractivity contribution in [3.05, 3.63) is 52.5 Å². The average Bonchev–Trinajstić information content (AvgIpc) is 2.77. The molecule has 1 fully saturated rings. The zero-order valence-corrected chi connectivity index (χ0v) is 20.0. The van der Waals surface area contributed by atoms with Gasteiger partial charge in [-0.3, -0.25) is 9.59 Å². The van der Waals surface area contributed by atoms with Crippen molar-refractivity contribution in [2.75, 3.05) is 43.0 Å². The van der Waals surface area contributed by atoms with Crippen LogP contribution in [0.25, 0.3) is 0 Å². The Morgan fingerprint density at radius 3 is 2.38 bits per heavy atom. The predicted molar refractivity (Wildman–Crippen MR) is 126 cm³/mol. The first kappa shape index (κ1) is 25.7. The van der Waals surface area contributed by atoms with Crippen molar-refractivity contribution < 1.29 is 27.5 Å². The molecule has 1 saturated heterocycles. The molecular weight excluding hydrogens is 471 g/mol. The molecule has 0 radical (unpaired) electrons. The predicted octanol–water partition coefficient (Wildman–Crippen LogP) is 5.00. The molecule has 0 spiro atoms. The Bertz CT molecular complexity index is 1050. The molecule has 1 heterocycles. The van der Waals surface area contributed by atoms with Crippen LogP contribution in [0.3, 0.4) is 0 Å². The molecule has 6 nitrogen and oxygen atoms in total. The number of rotatable bonds is 6. The Labute approximate surface area is 201 Å². The van der Waals surface area contributed by atoms with Gasteiger partial charge in [0.2, 0.25) is 0 Å². The molecule has 1 N–H and O–H groups in total. The molecule has 0 aromatic heterocycles. The smallest absolute Gasteiger partial charge is 0.471 e. The molecule has 0 atom stereocenters. The summed E-state index contributed by atoms with van der Waals surface area (Å²) in [6.45, 7) is 6.01. The number of aryl methyl sites for hydroxylation is 1. The second kappa shape index (κ2) is 10.5. The van der Waals surface area contributed by atoms with E-state index in [9.17, 15) is 22.8 Å². The van der Waals surface area contributed by atoms with Crippen LogP contribution < -0.4 is 15.0 Å². The molecule has 34 heavy (non-hydrogen) atoms. The highest BCUT2D eigenvalue weighted by Crippen LogP contribution is 2.31. The van der Waals surface area contributed by atoms with E-state index in [1.165, 1.54) is 0 Å². The number of benzene rings is 2.